The van der Waals surface area contributed by atoms with E-state index in [2.05, 4.69) is 0 Å². The lowest BCUT2D eigenvalue weighted by atomic mass is 10.1. The van der Waals surface area contributed by atoms with E-state index in [-0.39, 0.29) is 5.91 Å². The largest absolute Gasteiger partial charge is 0.497 e. The molecule has 2 aromatic carbocycles. The molecule has 2 N–H and O–H groups in total. The predicted octanol–water partition coefficient (Wildman–Crippen LogP) is 3.21. The van der Waals surface area contributed by atoms with Gasteiger partial charge in [-0.05, 0) is 36.4 Å². The predicted molar refractivity (Wildman–Crippen MR) is 81.6 cm³/mol. The van der Waals surface area contributed by atoms with E-state index >= 15 is 0 Å². The maximum Gasteiger partial charge on any atom is 0.261 e. The monoisotopic (exact) mass is 290 g/mol. The highest BCUT2D eigenvalue weighted by Gasteiger charge is 2.19. The number of benzene rings is 2. The van der Waals surface area contributed by atoms with E-state index in [1.165, 1.54) is 4.90 Å². The van der Waals surface area contributed by atoms with Crippen molar-refractivity contribution in [1.29, 1.82) is 0 Å². The van der Waals surface area contributed by atoms with Crippen LogP contribution >= 0.6 is 11.6 Å². The van der Waals surface area contributed by atoms with Gasteiger partial charge in [0, 0.05) is 18.4 Å². The minimum atomic E-state index is -0.252. The van der Waals surface area contributed by atoms with Gasteiger partial charge in [0.1, 0.15) is 5.75 Å². The van der Waals surface area contributed by atoms with E-state index < -0.39 is 0 Å². The van der Waals surface area contributed by atoms with E-state index in [9.17, 15) is 4.79 Å². The fourth-order valence-electron chi connectivity index (χ4n) is 1.86. The van der Waals surface area contributed by atoms with Crippen molar-refractivity contribution < 1.29 is 9.53 Å². The summed E-state index contributed by atoms with van der Waals surface area (Å²) in [7, 11) is 3.27. The molecule has 20 heavy (non-hydrogen) atoms. The van der Waals surface area contributed by atoms with Gasteiger partial charge in [0.2, 0.25) is 0 Å². The van der Waals surface area contributed by atoms with Crippen molar-refractivity contribution in [2.24, 2.45) is 0 Å². The van der Waals surface area contributed by atoms with Crippen LogP contribution in [0.25, 0.3) is 0 Å². The van der Waals surface area contributed by atoms with Crippen molar-refractivity contribution in [2.45, 2.75) is 0 Å². The average Bonchev–Trinajstić information content (AvgIpc) is 2.46. The van der Waals surface area contributed by atoms with Crippen LogP contribution in [-0.2, 0) is 0 Å². The molecule has 0 aliphatic carbocycles. The molecule has 5 heteroatoms. The van der Waals surface area contributed by atoms with Crippen LogP contribution in [0.1, 0.15) is 10.4 Å². The highest BCUT2D eigenvalue weighted by molar-refractivity contribution is 6.35. The first-order chi connectivity index (χ1) is 9.54. The SMILES string of the molecule is COc1ccc(N(C)C(=O)c2c(N)cccc2Cl)cc1. The summed E-state index contributed by atoms with van der Waals surface area (Å²) in [5.41, 5.74) is 7.24. The average molecular weight is 291 g/mol. The number of nitrogens with zero attached hydrogens (tertiary/aromatic N) is 1. The first kappa shape index (κ1) is 14.2. The van der Waals surface area contributed by atoms with Gasteiger partial charge in [-0.2, -0.15) is 0 Å². The van der Waals surface area contributed by atoms with E-state index in [0.717, 1.165) is 11.4 Å². The minimum Gasteiger partial charge on any atom is -0.497 e. The maximum absolute atomic E-state index is 12.5. The fraction of sp³-hybridized carbons (Fsp3) is 0.133. The van der Waals surface area contributed by atoms with E-state index in [1.54, 1.807) is 56.6 Å². The molecular weight excluding hydrogens is 276 g/mol. The first-order valence-electron chi connectivity index (χ1n) is 6.00. The van der Waals surface area contributed by atoms with Crippen LogP contribution in [0.5, 0.6) is 5.75 Å². The third-order valence-corrected chi connectivity index (χ3v) is 3.34. The number of hydrogen-bond acceptors (Lipinski definition) is 3. The first-order valence-corrected chi connectivity index (χ1v) is 6.38. The topological polar surface area (TPSA) is 55.6 Å². The Morgan fingerprint density at radius 1 is 1.20 bits per heavy atom. The Bertz CT molecular complexity index is 606. The summed E-state index contributed by atoms with van der Waals surface area (Å²) < 4.78 is 5.09. The molecule has 0 aliphatic rings. The second-order valence-corrected chi connectivity index (χ2v) is 4.67. The van der Waals surface area contributed by atoms with Gasteiger partial charge >= 0.3 is 0 Å². The summed E-state index contributed by atoms with van der Waals surface area (Å²) in [5.74, 6) is 0.477. The van der Waals surface area contributed by atoms with Crippen molar-refractivity contribution in [3.63, 3.8) is 0 Å². The standard InChI is InChI=1S/C15H15ClN2O2/c1-18(10-6-8-11(20-2)9-7-10)15(19)14-12(16)4-3-5-13(14)17/h3-9H,17H2,1-2H3. The summed E-state index contributed by atoms with van der Waals surface area (Å²) >= 11 is 6.06. The highest BCUT2D eigenvalue weighted by Crippen LogP contribution is 2.26. The number of carbonyl (C=O) groups is 1. The Morgan fingerprint density at radius 2 is 1.85 bits per heavy atom. The molecule has 0 unspecified atom stereocenters. The smallest absolute Gasteiger partial charge is 0.261 e. The zero-order chi connectivity index (χ0) is 14.7. The molecule has 0 saturated heterocycles. The van der Waals surface area contributed by atoms with Crippen molar-refractivity contribution in [1.82, 2.24) is 0 Å². The number of anilines is 2. The van der Waals surface area contributed by atoms with Gasteiger partial charge < -0.3 is 15.4 Å². The van der Waals surface area contributed by atoms with Gasteiger partial charge in [0.05, 0.1) is 17.7 Å². The van der Waals surface area contributed by atoms with Crippen LogP contribution in [0.2, 0.25) is 5.02 Å². The Kier molecular flexibility index (Phi) is 4.15. The zero-order valence-electron chi connectivity index (χ0n) is 11.3. The van der Waals surface area contributed by atoms with E-state index in [0.29, 0.717) is 16.3 Å². The molecule has 2 aromatic rings. The normalized spacial score (nSPS) is 10.2. The molecule has 0 heterocycles. The van der Waals surface area contributed by atoms with Gasteiger partial charge in [-0.15, -0.1) is 0 Å². The van der Waals surface area contributed by atoms with E-state index in [1.807, 2.05) is 0 Å². The molecule has 0 saturated carbocycles. The molecular formula is C15H15ClN2O2. The lowest BCUT2D eigenvalue weighted by molar-refractivity contribution is 0.0994. The number of nitrogen functional groups attached to an aromatic ring is 1. The highest BCUT2D eigenvalue weighted by atomic mass is 35.5. The van der Waals surface area contributed by atoms with Gasteiger partial charge in [0.25, 0.3) is 5.91 Å². The van der Waals surface area contributed by atoms with Gasteiger partial charge in [-0.25, -0.2) is 0 Å². The van der Waals surface area contributed by atoms with Gasteiger partial charge in [0.15, 0.2) is 0 Å². The Morgan fingerprint density at radius 3 is 2.40 bits per heavy atom. The second-order valence-electron chi connectivity index (χ2n) is 4.27. The Hall–Kier alpha value is -2.20. The zero-order valence-corrected chi connectivity index (χ0v) is 12.0. The molecule has 0 spiro atoms. The third-order valence-electron chi connectivity index (χ3n) is 3.02. The molecule has 0 aromatic heterocycles. The molecule has 4 nitrogen and oxygen atoms in total. The quantitative estimate of drug-likeness (QED) is 0.883. The van der Waals surface area contributed by atoms with Crippen molar-refractivity contribution in [3.8, 4) is 5.75 Å². The number of halogens is 1. The lowest BCUT2D eigenvalue weighted by Gasteiger charge is -2.19. The number of nitrogens with two attached hydrogens (primary N) is 1. The number of rotatable bonds is 3. The Labute approximate surface area is 122 Å². The van der Waals surface area contributed by atoms with Crippen molar-refractivity contribution in [2.75, 3.05) is 24.8 Å². The summed E-state index contributed by atoms with van der Waals surface area (Å²) in [6.07, 6.45) is 0. The van der Waals surface area contributed by atoms with Crippen LogP contribution in [0.3, 0.4) is 0 Å². The molecule has 0 aliphatic heterocycles. The van der Waals surface area contributed by atoms with Gasteiger partial charge in [-0.1, -0.05) is 17.7 Å². The third kappa shape index (κ3) is 2.70. The number of ether oxygens (including phenoxy) is 1. The summed E-state index contributed by atoms with van der Waals surface area (Å²) in [4.78, 5) is 14.0. The maximum atomic E-state index is 12.5. The number of methoxy groups -OCH3 is 1. The number of carbonyl (C=O) groups excluding carboxylic acids is 1. The summed E-state index contributed by atoms with van der Waals surface area (Å²) in [6, 6.07) is 12.2. The molecule has 1 amide bonds. The van der Waals surface area contributed by atoms with Gasteiger partial charge in [-0.3, -0.25) is 4.79 Å². The van der Waals surface area contributed by atoms with E-state index in [4.69, 9.17) is 22.1 Å². The lowest BCUT2D eigenvalue weighted by Crippen LogP contribution is -2.27. The van der Waals surface area contributed by atoms with Crippen LogP contribution in [0.15, 0.2) is 42.5 Å². The minimum absolute atomic E-state index is 0.252. The molecule has 0 atom stereocenters. The van der Waals surface area contributed by atoms with Crippen LogP contribution < -0.4 is 15.4 Å². The molecule has 2 rings (SSSR count). The second kappa shape index (κ2) is 5.84. The molecule has 0 fully saturated rings. The van der Waals surface area contributed by atoms with Crippen LogP contribution in [0, 0.1) is 0 Å². The molecule has 104 valence electrons. The molecule has 0 bridgehead atoms. The van der Waals surface area contributed by atoms with Crippen molar-refractivity contribution in [3.05, 3.63) is 53.1 Å². The molecule has 0 radical (unpaired) electrons. The van der Waals surface area contributed by atoms with Crippen LogP contribution in [-0.4, -0.2) is 20.1 Å². The Balaban J connectivity index is 2.32. The van der Waals surface area contributed by atoms with Crippen molar-refractivity contribution >= 4 is 28.9 Å². The van der Waals surface area contributed by atoms with Crippen LogP contribution in [0.4, 0.5) is 11.4 Å². The number of amides is 1. The number of hydrogen-bond donors (Lipinski definition) is 1. The fourth-order valence-corrected chi connectivity index (χ4v) is 2.12. The summed E-state index contributed by atoms with van der Waals surface area (Å²) in [6.45, 7) is 0. The summed E-state index contributed by atoms with van der Waals surface area (Å²) in [5, 5.41) is 0.343.